The van der Waals surface area contributed by atoms with Crippen molar-refractivity contribution in [1.82, 2.24) is 5.32 Å². The van der Waals surface area contributed by atoms with Gasteiger partial charge in [0.05, 0.1) is 0 Å². The zero-order valence-corrected chi connectivity index (χ0v) is 9.70. The van der Waals surface area contributed by atoms with Gasteiger partial charge in [-0.3, -0.25) is 0 Å². The molecule has 2 rings (SSSR count). The van der Waals surface area contributed by atoms with Crippen molar-refractivity contribution in [2.45, 2.75) is 38.0 Å². The molecule has 1 N–H and O–H groups in total. The average molecular weight is 209 g/mol. The highest BCUT2D eigenvalue weighted by molar-refractivity contribution is 7.10. The van der Waals surface area contributed by atoms with Crippen LogP contribution in [0, 0.1) is 0 Å². The van der Waals surface area contributed by atoms with E-state index in [4.69, 9.17) is 0 Å². The van der Waals surface area contributed by atoms with Crippen LogP contribution in [0.1, 0.15) is 37.5 Å². The second-order valence-corrected chi connectivity index (χ2v) is 5.24. The molecule has 1 aromatic heterocycles. The lowest BCUT2D eigenvalue weighted by atomic mass is 9.68. The van der Waals surface area contributed by atoms with Gasteiger partial charge in [-0.1, -0.05) is 19.4 Å². The number of nitrogens with one attached hydrogen (secondary N) is 1. The minimum absolute atomic E-state index is 0.503. The first-order valence-corrected chi connectivity index (χ1v) is 6.50. The largest absolute Gasteiger partial charge is 0.316 e. The molecule has 0 amide bonds. The van der Waals surface area contributed by atoms with E-state index in [1.165, 1.54) is 32.2 Å². The molecule has 78 valence electrons. The molecule has 0 spiro atoms. The fourth-order valence-electron chi connectivity index (χ4n) is 2.20. The first kappa shape index (κ1) is 10.2. The number of hydrogen-bond donors (Lipinski definition) is 1. The van der Waals surface area contributed by atoms with Gasteiger partial charge in [-0.25, -0.2) is 0 Å². The first-order valence-electron chi connectivity index (χ1n) is 5.62. The molecule has 14 heavy (non-hydrogen) atoms. The zero-order chi connectivity index (χ0) is 9.86. The highest BCUT2D eigenvalue weighted by atomic mass is 32.1. The molecule has 0 aliphatic heterocycles. The number of thiophene rings is 1. The van der Waals surface area contributed by atoms with E-state index in [0.717, 1.165) is 6.54 Å². The fourth-order valence-corrected chi connectivity index (χ4v) is 3.19. The summed E-state index contributed by atoms with van der Waals surface area (Å²) in [4.78, 5) is 1.59. The van der Waals surface area contributed by atoms with Gasteiger partial charge in [0.25, 0.3) is 0 Å². The van der Waals surface area contributed by atoms with Gasteiger partial charge >= 0.3 is 0 Å². The monoisotopic (exact) mass is 209 g/mol. The van der Waals surface area contributed by atoms with Gasteiger partial charge in [0.15, 0.2) is 0 Å². The summed E-state index contributed by atoms with van der Waals surface area (Å²) in [5, 5.41) is 5.78. The van der Waals surface area contributed by atoms with Gasteiger partial charge in [-0.05, 0) is 37.3 Å². The Labute approximate surface area is 90.5 Å². The summed E-state index contributed by atoms with van der Waals surface area (Å²) in [5.74, 6) is 0. The molecule has 1 fully saturated rings. The third kappa shape index (κ3) is 1.86. The Bertz CT molecular complexity index is 262. The van der Waals surface area contributed by atoms with Crippen LogP contribution in [-0.4, -0.2) is 13.1 Å². The van der Waals surface area contributed by atoms with Crippen LogP contribution in [0.15, 0.2) is 17.5 Å². The molecule has 1 saturated carbocycles. The lowest BCUT2D eigenvalue weighted by Gasteiger charge is -2.41. The van der Waals surface area contributed by atoms with Crippen molar-refractivity contribution < 1.29 is 0 Å². The summed E-state index contributed by atoms with van der Waals surface area (Å²) in [6.45, 7) is 4.57. The number of hydrogen-bond acceptors (Lipinski definition) is 2. The van der Waals surface area contributed by atoms with Crippen LogP contribution in [0.5, 0.6) is 0 Å². The highest BCUT2D eigenvalue weighted by Crippen LogP contribution is 2.44. The van der Waals surface area contributed by atoms with E-state index in [2.05, 4.69) is 29.8 Å². The van der Waals surface area contributed by atoms with Crippen LogP contribution in [-0.2, 0) is 5.41 Å². The van der Waals surface area contributed by atoms with E-state index in [0.29, 0.717) is 5.41 Å². The van der Waals surface area contributed by atoms with Crippen molar-refractivity contribution >= 4 is 11.3 Å². The molecule has 1 aromatic rings. The molecule has 1 aliphatic carbocycles. The number of rotatable bonds is 5. The second kappa shape index (κ2) is 4.45. The molecular weight excluding hydrogens is 190 g/mol. The van der Waals surface area contributed by atoms with Gasteiger partial charge in [-0.15, -0.1) is 11.3 Å². The van der Waals surface area contributed by atoms with E-state index in [-0.39, 0.29) is 0 Å². The summed E-state index contributed by atoms with van der Waals surface area (Å²) < 4.78 is 0. The Morgan fingerprint density at radius 2 is 2.36 bits per heavy atom. The Morgan fingerprint density at radius 3 is 2.86 bits per heavy atom. The smallest absolute Gasteiger partial charge is 0.0172 e. The minimum Gasteiger partial charge on any atom is -0.316 e. The Kier molecular flexibility index (Phi) is 3.24. The van der Waals surface area contributed by atoms with Crippen molar-refractivity contribution in [3.05, 3.63) is 22.4 Å². The molecule has 1 aliphatic rings. The van der Waals surface area contributed by atoms with Gasteiger partial charge in [0.1, 0.15) is 0 Å². The predicted octanol–water partition coefficient (Wildman–Crippen LogP) is 3.17. The maximum Gasteiger partial charge on any atom is 0.0172 e. The van der Waals surface area contributed by atoms with E-state index < -0.39 is 0 Å². The maximum absolute atomic E-state index is 3.57. The predicted molar refractivity (Wildman–Crippen MR) is 63.0 cm³/mol. The Morgan fingerprint density at radius 1 is 1.50 bits per heavy atom. The molecule has 1 heterocycles. The van der Waals surface area contributed by atoms with E-state index in [1.54, 1.807) is 4.88 Å². The van der Waals surface area contributed by atoms with Gasteiger partial charge in [-0.2, -0.15) is 0 Å². The van der Waals surface area contributed by atoms with Crippen molar-refractivity contribution in [1.29, 1.82) is 0 Å². The molecule has 0 bridgehead atoms. The standard InChI is InChI=1S/C12H19NS/c1-2-8-13-10-12(6-4-7-12)11-5-3-9-14-11/h3,5,9,13H,2,4,6-8,10H2,1H3. The van der Waals surface area contributed by atoms with Gasteiger partial charge < -0.3 is 5.32 Å². The molecule has 0 saturated heterocycles. The van der Waals surface area contributed by atoms with E-state index in [1.807, 2.05) is 11.3 Å². The van der Waals surface area contributed by atoms with E-state index >= 15 is 0 Å². The highest BCUT2D eigenvalue weighted by Gasteiger charge is 2.38. The Balaban J connectivity index is 1.96. The molecular formula is C12H19NS. The summed E-state index contributed by atoms with van der Waals surface area (Å²) in [7, 11) is 0. The van der Waals surface area contributed by atoms with Crippen molar-refractivity contribution in [3.8, 4) is 0 Å². The van der Waals surface area contributed by atoms with Crippen molar-refractivity contribution in [3.63, 3.8) is 0 Å². The van der Waals surface area contributed by atoms with Crippen LogP contribution >= 0.6 is 11.3 Å². The minimum atomic E-state index is 0.503. The van der Waals surface area contributed by atoms with Gasteiger partial charge in [0, 0.05) is 16.8 Å². The molecule has 0 unspecified atom stereocenters. The zero-order valence-electron chi connectivity index (χ0n) is 8.88. The quantitative estimate of drug-likeness (QED) is 0.734. The summed E-state index contributed by atoms with van der Waals surface area (Å²) >= 11 is 1.92. The lowest BCUT2D eigenvalue weighted by Crippen LogP contribution is -2.43. The topological polar surface area (TPSA) is 12.0 Å². The molecule has 0 atom stereocenters. The SMILES string of the molecule is CCCNCC1(c2cccs2)CCC1. The third-order valence-electron chi connectivity index (χ3n) is 3.24. The summed E-state index contributed by atoms with van der Waals surface area (Å²) in [5.41, 5.74) is 0.503. The lowest BCUT2D eigenvalue weighted by molar-refractivity contribution is 0.239. The second-order valence-electron chi connectivity index (χ2n) is 4.29. The normalized spacial score (nSPS) is 19.2. The summed E-state index contributed by atoms with van der Waals surface area (Å²) in [6.07, 6.45) is 5.40. The van der Waals surface area contributed by atoms with Gasteiger partial charge in [0.2, 0.25) is 0 Å². The fraction of sp³-hybridized carbons (Fsp3) is 0.667. The van der Waals surface area contributed by atoms with Crippen LogP contribution in [0.2, 0.25) is 0 Å². The van der Waals surface area contributed by atoms with Crippen molar-refractivity contribution in [2.24, 2.45) is 0 Å². The van der Waals surface area contributed by atoms with E-state index in [9.17, 15) is 0 Å². The van der Waals surface area contributed by atoms with Crippen LogP contribution in [0.25, 0.3) is 0 Å². The first-order chi connectivity index (χ1) is 6.87. The molecule has 1 nitrogen and oxygen atoms in total. The molecule has 0 aromatic carbocycles. The van der Waals surface area contributed by atoms with Crippen LogP contribution in [0.3, 0.4) is 0 Å². The average Bonchev–Trinajstić information content (AvgIpc) is 2.62. The van der Waals surface area contributed by atoms with Crippen LogP contribution in [0.4, 0.5) is 0 Å². The Hall–Kier alpha value is -0.340. The summed E-state index contributed by atoms with van der Waals surface area (Å²) in [6, 6.07) is 4.48. The maximum atomic E-state index is 3.57. The van der Waals surface area contributed by atoms with Crippen LogP contribution < -0.4 is 5.32 Å². The third-order valence-corrected chi connectivity index (χ3v) is 4.36. The molecule has 0 radical (unpaired) electrons. The van der Waals surface area contributed by atoms with Crippen molar-refractivity contribution in [2.75, 3.05) is 13.1 Å². The molecule has 2 heteroatoms.